The summed E-state index contributed by atoms with van der Waals surface area (Å²) in [5.74, 6) is -1.58. The Morgan fingerprint density at radius 2 is 1.42 bits per heavy atom. The topological polar surface area (TPSA) is 87.0 Å². The van der Waals surface area contributed by atoms with Crippen molar-refractivity contribution >= 4 is 18.2 Å². The van der Waals surface area contributed by atoms with E-state index in [0.717, 1.165) is 6.42 Å². The molecule has 0 radical (unpaired) electrons. The first-order valence-corrected chi connectivity index (χ1v) is 8.64. The van der Waals surface area contributed by atoms with Gasteiger partial charge in [0.05, 0.1) is 6.42 Å². The fourth-order valence-corrected chi connectivity index (χ4v) is 1.72. The van der Waals surface area contributed by atoms with E-state index in [1.54, 1.807) is 13.1 Å². The van der Waals surface area contributed by atoms with E-state index in [0.29, 0.717) is 0 Å². The van der Waals surface area contributed by atoms with Gasteiger partial charge in [0.1, 0.15) is 0 Å². The van der Waals surface area contributed by atoms with Gasteiger partial charge >= 0.3 is 41.5 Å². The summed E-state index contributed by atoms with van der Waals surface area (Å²) in [6.45, 7) is 3.84. The first kappa shape index (κ1) is 28.2. The maximum absolute atomic E-state index is 10.2. The number of rotatable bonds is 13. The van der Waals surface area contributed by atoms with Gasteiger partial charge in [0, 0.05) is 18.8 Å². The third kappa shape index (κ3) is 33.1. The van der Waals surface area contributed by atoms with Gasteiger partial charge in [0.15, 0.2) is 0 Å². The summed E-state index contributed by atoms with van der Waals surface area (Å²) in [7, 11) is 0. The van der Waals surface area contributed by atoms with Crippen LogP contribution in [0.2, 0.25) is 0 Å². The SMILES string of the molecule is CCC(=O)O.CCCCCCCCCCC=CN=CCC(=O)O.[H-].[Na+]. The summed E-state index contributed by atoms with van der Waals surface area (Å²) >= 11 is 0. The minimum absolute atomic E-state index is 0. The Hall–Kier alpha value is -0.650. The van der Waals surface area contributed by atoms with Crippen molar-refractivity contribution < 1.29 is 50.8 Å². The van der Waals surface area contributed by atoms with Crippen LogP contribution >= 0.6 is 0 Å². The van der Waals surface area contributed by atoms with Crippen molar-refractivity contribution in [3.05, 3.63) is 12.3 Å². The summed E-state index contributed by atoms with van der Waals surface area (Å²) < 4.78 is 0. The number of hydrogen-bond donors (Lipinski definition) is 2. The zero-order valence-electron chi connectivity index (χ0n) is 16.7. The molecule has 5 nitrogen and oxygen atoms in total. The Labute approximate surface area is 170 Å². The smallest absolute Gasteiger partial charge is 1.00 e. The molecule has 0 aliphatic rings. The van der Waals surface area contributed by atoms with Crippen molar-refractivity contribution in [2.75, 3.05) is 0 Å². The van der Waals surface area contributed by atoms with E-state index in [2.05, 4.69) is 11.9 Å². The van der Waals surface area contributed by atoms with E-state index in [1.807, 2.05) is 6.08 Å². The molecule has 24 heavy (non-hydrogen) atoms. The molecule has 0 aliphatic heterocycles. The second kappa shape index (κ2) is 24.6. The van der Waals surface area contributed by atoms with Crippen LogP contribution < -0.4 is 29.6 Å². The van der Waals surface area contributed by atoms with Crippen molar-refractivity contribution in [2.45, 2.75) is 84.5 Å². The number of carboxylic acid groups (broad SMARTS) is 2. The molecule has 0 heterocycles. The summed E-state index contributed by atoms with van der Waals surface area (Å²) in [5.41, 5.74) is 0. The van der Waals surface area contributed by atoms with Gasteiger partial charge in [0.25, 0.3) is 0 Å². The molecule has 0 rings (SSSR count). The molecule has 136 valence electrons. The number of hydrogen-bond acceptors (Lipinski definition) is 3. The number of nitrogens with zero attached hydrogens (tertiary/aromatic N) is 1. The van der Waals surface area contributed by atoms with Crippen LogP contribution in [0.1, 0.15) is 85.9 Å². The fourth-order valence-electron chi connectivity index (χ4n) is 1.72. The molecule has 0 amide bonds. The van der Waals surface area contributed by atoms with Crippen LogP contribution in [0.3, 0.4) is 0 Å². The van der Waals surface area contributed by atoms with E-state index in [4.69, 9.17) is 10.2 Å². The summed E-state index contributed by atoms with van der Waals surface area (Å²) in [4.78, 5) is 23.4. The van der Waals surface area contributed by atoms with E-state index < -0.39 is 11.9 Å². The average Bonchev–Trinajstić information content (AvgIpc) is 2.52. The van der Waals surface area contributed by atoms with Crippen molar-refractivity contribution in [3.63, 3.8) is 0 Å². The second-order valence-electron chi connectivity index (χ2n) is 5.33. The van der Waals surface area contributed by atoms with Crippen LogP contribution in [0, 0.1) is 0 Å². The molecule has 0 unspecified atom stereocenters. The van der Waals surface area contributed by atoms with Gasteiger partial charge in [-0.3, -0.25) is 14.6 Å². The molecule has 2 N–H and O–H groups in total. The van der Waals surface area contributed by atoms with Gasteiger partial charge < -0.3 is 11.6 Å². The van der Waals surface area contributed by atoms with Crippen LogP contribution in [-0.2, 0) is 9.59 Å². The van der Waals surface area contributed by atoms with Gasteiger partial charge in [-0.1, -0.05) is 64.9 Å². The molecule has 0 fully saturated rings. The Bertz CT molecular complexity index is 350. The van der Waals surface area contributed by atoms with Gasteiger partial charge in [-0.2, -0.15) is 0 Å². The molecule has 0 saturated carbocycles. The van der Waals surface area contributed by atoms with E-state index in [1.165, 1.54) is 57.6 Å². The van der Waals surface area contributed by atoms with Crippen LogP contribution in [0.25, 0.3) is 0 Å². The molecule has 6 heteroatoms. The molecule has 0 aromatic heterocycles. The molecule has 0 spiro atoms. The monoisotopic (exact) mass is 351 g/mol. The van der Waals surface area contributed by atoms with Crippen LogP contribution in [0.15, 0.2) is 17.3 Å². The molecule has 0 bridgehead atoms. The minimum atomic E-state index is -0.838. The maximum Gasteiger partial charge on any atom is 1.00 e. The second-order valence-corrected chi connectivity index (χ2v) is 5.33. The average molecular weight is 351 g/mol. The molecule has 0 aromatic carbocycles. The first-order chi connectivity index (χ1) is 11.0. The Kier molecular flexibility index (Phi) is 28.9. The van der Waals surface area contributed by atoms with Crippen LogP contribution in [0.5, 0.6) is 0 Å². The summed E-state index contributed by atoms with van der Waals surface area (Å²) in [6.07, 6.45) is 17.0. The maximum atomic E-state index is 10.2. The number of unbranched alkanes of at least 4 members (excludes halogenated alkanes) is 8. The molecular formula is C18H34NNaO4. The molecule has 0 aliphatic carbocycles. The largest absolute Gasteiger partial charge is 1.00 e. The number of carboxylic acids is 2. The zero-order valence-corrected chi connectivity index (χ0v) is 17.7. The molecule has 0 aromatic rings. The van der Waals surface area contributed by atoms with Crippen LogP contribution in [-0.4, -0.2) is 28.4 Å². The van der Waals surface area contributed by atoms with Crippen molar-refractivity contribution in [2.24, 2.45) is 4.99 Å². The fraction of sp³-hybridized carbons (Fsp3) is 0.722. The van der Waals surface area contributed by atoms with Gasteiger partial charge in [-0.25, -0.2) is 0 Å². The first-order valence-electron chi connectivity index (χ1n) is 8.64. The predicted molar refractivity (Wildman–Crippen MR) is 96.2 cm³/mol. The van der Waals surface area contributed by atoms with E-state index >= 15 is 0 Å². The molecule has 0 atom stereocenters. The summed E-state index contributed by atoms with van der Waals surface area (Å²) in [6, 6.07) is 0. The normalized spacial score (nSPS) is 10.2. The third-order valence-corrected chi connectivity index (χ3v) is 3.09. The van der Waals surface area contributed by atoms with Crippen molar-refractivity contribution in [1.29, 1.82) is 0 Å². The number of aliphatic imine (C=N–C) groups is 1. The van der Waals surface area contributed by atoms with E-state index in [-0.39, 0.29) is 43.8 Å². The third-order valence-electron chi connectivity index (χ3n) is 3.09. The number of aliphatic carboxylic acids is 2. The Balaban J connectivity index is -0.000000276. The minimum Gasteiger partial charge on any atom is -1.00 e. The Morgan fingerprint density at radius 3 is 1.88 bits per heavy atom. The molecule has 0 saturated heterocycles. The van der Waals surface area contributed by atoms with Crippen molar-refractivity contribution in [1.82, 2.24) is 0 Å². The van der Waals surface area contributed by atoms with Gasteiger partial charge in [-0.05, 0) is 12.8 Å². The van der Waals surface area contributed by atoms with Gasteiger partial charge in [-0.15, -0.1) is 0 Å². The standard InChI is InChI=1S/C15H27NO2.C3H6O2.Na.H/c1-2-3-4-5-6-7-8-9-10-11-13-16-14-12-15(17)18;1-2-3(4)5;;/h11,13-14H,2-10,12H2,1H3,(H,17,18);2H2,1H3,(H,4,5);;/q;;+1;-1. The molecular weight excluding hydrogens is 317 g/mol. The zero-order chi connectivity index (χ0) is 17.8. The van der Waals surface area contributed by atoms with E-state index in [9.17, 15) is 9.59 Å². The van der Waals surface area contributed by atoms with Crippen molar-refractivity contribution in [3.8, 4) is 0 Å². The summed E-state index contributed by atoms with van der Waals surface area (Å²) in [5, 5.41) is 16.1. The number of carbonyl (C=O) groups is 2. The number of allylic oxidation sites excluding steroid dienone is 1. The predicted octanol–water partition coefficient (Wildman–Crippen LogP) is 2.17. The van der Waals surface area contributed by atoms with Gasteiger partial charge in [0.2, 0.25) is 0 Å². The Morgan fingerprint density at radius 1 is 0.917 bits per heavy atom. The van der Waals surface area contributed by atoms with Crippen LogP contribution in [0.4, 0.5) is 0 Å². The quantitative estimate of drug-likeness (QED) is 0.302.